The van der Waals surface area contributed by atoms with Crippen molar-refractivity contribution in [2.75, 3.05) is 26.7 Å². The van der Waals surface area contributed by atoms with E-state index in [4.69, 9.17) is 9.47 Å². The summed E-state index contributed by atoms with van der Waals surface area (Å²) in [4.78, 5) is 31.0. The summed E-state index contributed by atoms with van der Waals surface area (Å²) in [6.07, 6.45) is 4.65. The van der Waals surface area contributed by atoms with Crippen LogP contribution in [0.15, 0.2) is 42.6 Å². The first kappa shape index (κ1) is 21.2. The van der Waals surface area contributed by atoms with Crippen LogP contribution in [-0.2, 0) is 4.74 Å². The van der Waals surface area contributed by atoms with Gasteiger partial charge in [0.1, 0.15) is 11.4 Å². The fraction of sp³-hybridized carbons (Fsp3) is 0.435. The Morgan fingerprint density at radius 1 is 1.19 bits per heavy atom. The van der Waals surface area contributed by atoms with Gasteiger partial charge in [-0.25, -0.2) is 9.37 Å². The van der Waals surface area contributed by atoms with Crippen LogP contribution in [0.2, 0.25) is 0 Å². The quantitative estimate of drug-likeness (QED) is 0.794. The molecule has 0 radical (unpaired) electrons. The Kier molecular flexibility index (Phi) is 6.18. The number of piperidine rings is 1. The second-order valence-electron chi connectivity index (χ2n) is 8.00. The number of amides is 2. The molecule has 0 aliphatic carbocycles. The summed E-state index contributed by atoms with van der Waals surface area (Å²) in [6, 6.07) is 9.37. The molecule has 1 aromatic heterocycles. The average molecular weight is 427 g/mol. The number of halogens is 1. The van der Waals surface area contributed by atoms with Gasteiger partial charge in [-0.1, -0.05) is 12.1 Å². The minimum atomic E-state index is -0.536. The summed E-state index contributed by atoms with van der Waals surface area (Å²) >= 11 is 0. The third-order valence-electron chi connectivity index (χ3n) is 6.10. The van der Waals surface area contributed by atoms with Crippen molar-refractivity contribution in [1.29, 1.82) is 0 Å². The molecule has 1 aromatic carbocycles. The number of carbonyl (C=O) groups excluding carboxylic acids is 2. The Morgan fingerprint density at radius 2 is 1.94 bits per heavy atom. The van der Waals surface area contributed by atoms with E-state index in [1.54, 1.807) is 35.4 Å². The van der Waals surface area contributed by atoms with Crippen molar-refractivity contribution in [2.24, 2.45) is 0 Å². The van der Waals surface area contributed by atoms with Gasteiger partial charge in [0, 0.05) is 25.8 Å². The molecule has 1 N–H and O–H groups in total. The molecule has 1 spiro atoms. The number of benzene rings is 1. The summed E-state index contributed by atoms with van der Waals surface area (Å²) in [5, 5.41) is 2.78. The average Bonchev–Trinajstić information content (AvgIpc) is 3.20. The fourth-order valence-electron chi connectivity index (χ4n) is 4.36. The molecular weight excluding hydrogens is 401 g/mol. The Balaban J connectivity index is 1.29. The number of ether oxygens (including phenoxy) is 2. The fourth-order valence-corrected chi connectivity index (χ4v) is 4.36. The molecule has 3 heterocycles. The van der Waals surface area contributed by atoms with E-state index in [1.807, 2.05) is 0 Å². The van der Waals surface area contributed by atoms with Crippen LogP contribution < -0.4 is 10.1 Å². The second kappa shape index (κ2) is 9.01. The molecular formula is C23H26FN3O4. The van der Waals surface area contributed by atoms with Crippen LogP contribution in [-0.4, -0.2) is 60.1 Å². The summed E-state index contributed by atoms with van der Waals surface area (Å²) in [5.41, 5.74) is 0.221. The van der Waals surface area contributed by atoms with Gasteiger partial charge < -0.3 is 19.7 Å². The van der Waals surface area contributed by atoms with E-state index in [1.165, 1.54) is 19.2 Å². The third kappa shape index (κ3) is 4.54. The zero-order valence-electron chi connectivity index (χ0n) is 17.5. The van der Waals surface area contributed by atoms with Crippen molar-refractivity contribution in [3.63, 3.8) is 0 Å². The standard InChI is InChI=1S/C23H26FN3O4/c1-30-21-18(6-4-12-25-21)22(29)27-13-10-23(11-14-27)9-8-16(31-23)15-26-20(28)17-5-2-3-7-19(17)24/h2-7,12,16H,8-11,13-15H2,1H3,(H,26,28). The Labute approximate surface area is 180 Å². The number of rotatable bonds is 5. The highest BCUT2D eigenvalue weighted by molar-refractivity contribution is 5.96. The van der Waals surface area contributed by atoms with Crippen LogP contribution in [0, 0.1) is 5.82 Å². The topological polar surface area (TPSA) is 80.8 Å². The lowest BCUT2D eigenvalue weighted by Gasteiger charge is -2.39. The number of hydrogen-bond acceptors (Lipinski definition) is 5. The predicted molar refractivity (Wildman–Crippen MR) is 111 cm³/mol. The largest absolute Gasteiger partial charge is 0.480 e. The van der Waals surface area contributed by atoms with Crippen LogP contribution in [0.1, 0.15) is 46.4 Å². The molecule has 2 fully saturated rings. The highest BCUT2D eigenvalue weighted by Gasteiger charge is 2.43. The smallest absolute Gasteiger partial charge is 0.259 e. The third-order valence-corrected chi connectivity index (χ3v) is 6.10. The van der Waals surface area contributed by atoms with Crippen LogP contribution in [0.4, 0.5) is 4.39 Å². The predicted octanol–water partition coefficient (Wildman–Crippen LogP) is 2.81. The maximum atomic E-state index is 13.8. The van der Waals surface area contributed by atoms with E-state index in [0.717, 1.165) is 25.7 Å². The Bertz CT molecular complexity index is 959. The van der Waals surface area contributed by atoms with Gasteiger partial charge in [-0.05, 0) is 49.9 Å². The molecule has 1 unspecified atom stereocenters. The summed E-state index contributed by atoms with van der Waals surface area (Å²) in [6.45, 7) is 1.51. The van der Waals surface area contributed by atoms with Crippen LogP contribution in [0.5, 0.6) is 5.88 Å². The zero-order valence-corrected chi connectivity index (χ0v) is 17.5. The first-order valence-electron chi connectivity index (χ1n) is 10.5. The number of carbonyl (C=O) groups is 2. The van der Waals surface area contributed by atoms with E-state index < -0.39 is 11.7 Å². The van der Waals surface area contributed by atoms with E-state index in [2.05, 4.69) is 10.3 Å². The van der Waals surface area contributed by atoms with Crippen molar-refractivity contribution in [3.05, 3.63) is 59.5 Å². The van der Waals surface area contributed by atoms with Crippen molar-refractivity contribution in [1.82, 2.24) is 15.2 Å². The molecule has 8 heteroatoms. The molecule has 2 aliphatic rings. The number of methoxy groups -OCH3 is 1. The van der Waals surface area contributed by atoms with Crippen LogP contribution >= 0.6 is 0 Å². The SMILES string of the molecule is COc1ncccc1C(=O)N1CCC2(CCC(CNC(=O)c3ccccc3F)O2)CC1. The maximum Gasteiger partial charge on any atom is 0.259 e. The highest BCUT2D eigenvalue weighted by atomic mass is 19.1. The molecule has 1 atom stereocenters. The molecule has 2 aliphatic heterocycles. The van der Waals surface area contributed by atoms with E-state index in [0.29, 0.717) is 31.1 Å². The molecule has 31 heavy (non-hydrogen) atoms. The normalized spacial score (nSPS) is 19.9. The maximum absolute atomic E-state index is 13.8. The van der Waals surface area contributed by atoms with Crippen LogP contribution in [0.25, 0.3) is 0 Å². The van der Waals surface area contributed by atoms with Gasteiger partial charge in [0.05, 0.1) is 24.4 Å². The summed E-state index contributed by atoms with van der Waals surface area (Å²) < 4.78 is 25.3. The van der Waals surface area contributed by atoms with Crippen LogP contribution in [0.3, 0.4) is 0 Å². The van der Waals surface area contributed by atoms with E-state index in [-0.39, 0.29) is 23.2 Å². The Hall–Kier alpha value is -3.00. The first-order chi connectivity index (χ1) is 15.0. The number of hydrogen-bond donors (Lipinski definition) is 1. The first-order valence-corrected chi connectivity index (χ1v) is 10.5. The van der Waals surface area contributed by atoms with Gasteiger partial charge in [0.15, 0.2) is 0 Å². The second-order valence-corrected chi connectivity index (χ2v) is 8.00. The minimum absolute atomic E-state index is 0.0351. The van der Waals surface area contributed by atoms with Gasteiger partial charge in [0.2, 0.25) is 5.88 Å². The molecule has 0 saturated carbocycles. The zero-order chi connectivity index (χ0) is 21.8. The van der Waals surface area contributed by atoms with Crippen molar-refractivity contribution >= 4 is 11.8 Å². The molecule has 164 valence electrons. The molecule has 0 bridgehead atoms. The number of likely N-dealkylation sites (tertiary alicyclic amines) is 1. The lowest BCUT2D eigenvalue weighted by atomic mass is 9.88. The lowest BCUT2D eigenvalue weighted by molar-refractivity contribution is -0.0712. The Morgan fingerprint density at radius 3 is 2.68 bits per heavy atom. The highest BCUT2D eigenvalue weighted by Crippen LogP contribution is 2.39. The summed E-state index contributed by atoms with van der Waals surface area (Å²) in [5.74, 6) is -0.735. The monoisotopic (exact) mass is 427 g/mol. The molecule has 2 saturated heterocycles. The van der Waals surface area contributed by atoms with Gasteiger partial charge in [-0.15, -0.1) is 0 Å². The number of nitrogens with zero attached hydrogens (tertiary/aromatic N) is 2. The minimum Gasteiger partial charge on any atom is -0.480 e. The number of pyridine rings is 1. The van der Waals surface area contributed by atoms with Crippen molar-refractivity contribution < 1.29 is 23.5 Å². The van der Waals surface area contributed by atoms with Gasteiger partial charge >= 0.3 is 0 Å². The van der Waals surface area contributed by atoms with Gasteiger partial charge in [-0.3, -0.25) is 9.59 Å². The number of aromatic nitrogens is 1. The van der Waals surface area contributed by atoms with Crippen molar-refractivity contribution in [2.45, 2.75) is 37.4 Å². The van der Waals surface area contributed by atoms with Gasteiger partial charge in [0.25, 0.3) is 11.8 Å². The molecule has 2 amide bonds. The van der Waals surface area contributed by atoms with Gasteiger partial charge in [-0.2, -0.15) is 0 Å². The van der Waals surface area contributed by atoms with Crippen molar-refractivity contribution in [3.8, 4) is 5.88 Å². The molecule has 7 nitrogen and oxygen atoms in total. The van der Waals surface area contributed by atoms with E-state index in [9.17, 15) is 14.0 Å². The number of nitrogens with one attached hydrogen (secondary N) is 1. The molecule has 4 rings (SSSR count). The van der Waals surface area contributed by atoms with E-state index >= 15 is 0 Å². The summed E-state index contributed by atoms with van der Waals surface area (Å²) in [7, 11) is 1.50. The lowest BCUT2D eigenvalue weighted by Crippen LogP contribution is -2.47. The molecule has 2 aromatic rings.